The van der Waals surface area contributed by atoms with Gasteiger partial charge in [0.05, 0.1) is 34.0 Å². The highest BCUT2D eigenvalue weighted by atomic mass is 32.2. The average Bonchev–Trinajstić information content (AvgIpc) is 2.86. The van der Waals surface area contributed by atoms with Gasteiger partial charge in [-0.3, -0.25) is 0 Å². The van der Waals surface area contributed by atoms with E-state index in [1.54, 1.807) is 12.1 Å². The summed E-state index contributed by atoms with van der Waals surface area (Å²) < 4.78 is 91.9. The molecule has 0 aliphatic rings. The minimum absolute atomic E-state index is 0.188. The number of rotatable bonds is 12. The van der Waals surface area contributed by atoms with E-state index in [1.807, 2.05) is 0 Å². The molecule has 0 saturated heterocycles. The van der Waals surface area contributed by atoms with Crippen LogP contribution in [0.5, 0.6) is 28.7 Å². The maximum absolute atomic E-state index is 13.8. The third-order valence-electron chi connectivity index (χ3n) is 4.80. The number of carboxylic acid groups (broad SMARTS) is 1. The normalized spacial score (nSPS) is 12.7. The van der Waals surface area contributed by atoms with Gasteiger partial charge in [0, 0.05) is 23.8 Å². The van der Waals surface area contributed by atoms with Crippen molar-refractivity contribution in [1.29, 1.82) is 0 Å². The second-order valence-corrected chi connectivity index (χ2v) is 8.42. The lowest BCUT2D eigenvalue weighted by atomic mass is 10.1. The molecule has 2 aromatic rings. The zero-order valence-electron chi connectivity index (χ0n) is 19.9. The number of benzene rings is 2. The van der Waals surface area contributed by atoms with E-state index in [4.69, 9.17) is 24.1 Å². The molecule has 1 unspecified atom stereocenters. The summed E-state index contributed by atoms with van der Waals surface area (Å²) in [6.45, 7) is 0. The molecule has 0 aromatic heterocycles. The molecule has 0 saturated carbocycles. The van der Waals surface area contributed by atoms with Gasteiger partial charge in [0.25, 0.3) is 0 Å². The Morgan fingerprint density at radius 2 is 1.46 bits per heavy atom. The Labute approximate surface area is 211 Å². The lowest BCUT2D eigenvalue weighted by Gasteiger charge is -2.21. The van der Waals surface area contributed by atoms with Crippen LogP contribution in [-0.4, -0.2) is 61.9 Å². The van der Waals surface area contributed by atoms with Gasteiger partial charge in [0.2, 0.25) is 0 Å². The van der Waals surface area contributed by atoms with E-state index < -0.39 is 40.7 Å². The van der Waals surface area contributed by atoms with E-state index in [1.165, 1.54) is 44.9 Å². The number of hydrogen-bond donors (Lipinski definition) is 1. The molecule has 2 rings (SSSR count). The van der Waals surface area contributed by atoms with Gasteiger partial charge in [-0.25, -0.2) is 9.59 Å². The molecule has 14 heteroatoms. The summed E-state index contributed by atoms with van der Waals surface area (Å²) in [5.74, 6) is -17.4. The number of hydrogen-bond acceptors (Lipinski definition) is 8. The summed E-state index contributed by atoms with van der Waals surface area (Å²) >= 11 is -1.72. The lowest BCUT2D eigenvalue weighted by molar-refractivity contribution is -0.229. The Balaban J connectivity index is 2.28. The van der Waals surface area contributed by atoms with Crippen LogP contribution in [0.25, 0.3) is 6.08 Å². The van der Waals surface area contributed by atoms with Crippen LogP contribution in [0.2, 0.25) is 0 Å². The van der Waals surface area contributed by atoms with Crippen molar-refractivity contribution in [3.05, 3.63) is 46.9 Å². The van der Waals surface area contributed by atoms with Crippen LogP contribution in [0.1, 0.15) is 11.1 Å². The second-order valence-electron chi connectivity index (χ2n) is 7.10. The second kappa shape index (κ2) is 12.1. The van der Waals surface area contributed by atoms with Crippen molar-refractivity contribution in [2.24, 2.45) is 0 Å². The highest BCUT2D eigenvalue weighted by Crippen LogP contribution is 2.38. The Bertz CT molecular complexity index is 1150. The lowest BCUT2D eigenvalue weighted by Crippen LogP contribution is -2.53. The Morgan fingerprint density at radius 3 is 1.95 bits per heavy atom. The van der Waals surface area contributed by atoms with Crippen molar-refractivity contribution in [2.75, 3.05) is 28.4 Å². The Kier molecular flexibility index (Phi) is 9.64. The zero-order valence-corrected chi connectivity index (χ0v) is 20.7. The molecule has 1 atom stereocenters. The maximum atomic E-state index is 13.8. The molecule has 0 aliphatic heterocycles. The predicted octanol–water partition coefficient (Wildman–Crippen LogP) is 3.90. The number of ether oxygens (including phenoxy) is 5. The number of aliphatic carboxylic acids is 1. The topological polar surface area (TPSA) is 124 Å². The van der Waals surface area contributed by atoms with Gasteiger partial charge in [-0.1, -0.05) is 6.07 Å². The van der Waals surface area contributed by atoms with E-state index in [2.05, 4.69) is 4.74 Å². The van der Waals surface area contributed by atoms with Crippen molar-refractivity contribution in [2.45, 2.75) is 17.6 Å². The van der Waals surface area contributed by atoms with Crippen LogP contribution in [-0.2, 0) is 26.5 Å². The quantitative estimate of drug-likeness (QED) is 0.181. The van der Waals surface area contributed by atoms with E-state index in [0.29, 0.717) is 22.8 Å². The fourth-order valence-electron chi connectivity index (χ4n) is 2.87. The van der Waals surface area contributed by atoms with Crippen molar-refractivity contribution in [3.8, 4) is 28.7 Å². The molecule has 0 amide bonds. The van der Waals surface area contributed by atoms with Crippen LogP contribution < -0.4 is 23.7 Å². The van der Waals surface area contributed by atoms with Crippen molar-refractivity contribution in [1.82, 2.24) is 0 Å². The molecular formula is C23H22F4O9S. The van der Waals surface area contributed by atoms with Crippen LogP contribution in [0.3, 0.4) is 0 Å². The van der Waals surface area contributed by atoms with Crippen molar-refractivity contribution >= 4 is 29.2 Å². The highest BCUT2D eigenvalue weighted by Gasteiger charge is 2.69. The summed E-state index contributed by atoms with van der Waals surface area (Å²) in [5, 5.41) is 9.63. The molecule has 9 nitrogen and oxygen atoms in total. The predicted molar refractivity (Wildman–Crippen MR) is 123 cm³/mol. The van der Waals surface area contributed by atoms with Gasteiger partial charge in [0.1, 0.15) is 28.4 Å². The first-order valence-corrected chi connectivity index (χ1v) is 11.4. The van der Waals surface area contributed by atoms with Crippen LogP contribution >= 0.6 is 0 Å². The summed E-state index contributed by atoms with van der Waals surface area (Å²) in [7, 11) is 5.38. The van der Waals surface area contributed by atoms with Crippen LogP contribution in [0.15, 0.2) is 35.7 Å². The Hall–Kier alpha value is -3.65. The average molecular weight is 550 g/mol. The fourth-order valence-corrected chi connectivity index (χ4v) is 3.76. The molecule has 37 heavy (non-hydrogen) atoms. The first-order valence-electron chi connectivity index (χ1n) is 10.1. The number of carbonyl (C=O) groups is 2. The van der Waals surface area contributed by atoms with Gasteiger partial charge in [-0.2, -0.15) is 17.6 Å². The van der Waals surface area contributed by atoms with Gasteiger partial charge in [0.15, 0.2) is 11.5 Å². The molecule has 0 radical (unpaired) electrons. The number of methoxy groups -OCH3 is 4. The van der Waals surface area contributed by atoms with Gasteiger partial charge < -0.3 is 33.3 Å². The molecule has 1 N–H and O–H groups in total. The summed E-state index contributed by atoms with van der Waals surface area (Å²) in [5.41, 5.74) is 0.638. The molecule has 0 spiro atoms. The monoisotopic (exact) mass is 550 g/mol. The minimum atomic E-state index is -5.72. The molecule has 0 fully saturated rings. The molecule has 0 bridgehead atoms. The van der Waals surface area contributed by atoms with Gasteiger partial charge in [-0.05, 0) is 23.3 Å². The van der Waals surface area contributed by atoms with Crippen LogP contribution in [0.4, 0.5) is 17.6 Å². The summed E-state index contributed by atoms with van der Waals surface area (Å²) in [6, 6.07) is 6.69. The van der Waals surface area contributed by atoms with Crippen LogP contribution in [0, 0.1) is 0 Å². The highest BCUT2D eigenvalue weighted by molar-refractivity contribution is 7.93. The number of esters is 1. The summed E-state index contributed by atoms with van der Waals surface area (Å²) in [6.07, 6.45) is 1.46. The largest absolute Gasteiger partial charge is 0.612 e. The number of alkyl halides is 4. The molecule has 0 heterocycles. The first-order chi connectivity index (χ1) is 17.3. The first kappa shape index (κ1) is 29.6. The fraction of sp³-hybridized carbons (Fsp3) is 0.304. The third-order valence-corrected chi connectivity index (χ3v) is 5.86. The summed E-state index contributed by atoms with van der Waals surface area (Å²) in [4.78, 5) is 22.2. The number of carbonyl (C=O) groups excluding carboxylic acids is 1. The van der Waals surface area contributed by atoms with Gasteiger partial charge in [-0.15, -0.1) is 0 Å². The van der Waals surface area contributed by atoms with Crippen molar-refractivity contribution < 1.29 is 60.5 Å². The van der Waals surface area contributed by atoms with E-state index in [0.717, 1.165) is 13.2 Å². The molecule has 2 aromatic carbocycles. The molecular weight excluding hydrogens is 528 g/mol. The smallest absolute Gasteiger partial charge is 0.416 e. The van der Waals surface area contributed by atoms with Crippen molar-refractivity contribution in [3.63, 3.8) is 0 Å². The zero-order chi connectivity index (χ0) is 28.0. The minimum Gasteiger partial charge on any atom is -0.612 e. The Morgan fingerprint density at radius 1 is 0.892 bits per heavy atom. The molecule has 202 valence electrons. The van der Waals surface area contributed by atoms with E-state index in [-0.39, 0.29) is 17.1 Å². The standard InChI is InChI=1S/C23H22F4O9S/c1-32-14-10-17(34-3)15(18(11-14)35-4)7-8-37(31)12-13-5-6-16(33-2)19(9-13)36-21(30)23(26,27)22(24,25)20(28)29/h5-11H,12H2,1-4H3,(H,28,29)/b8-7+. The maximum Gasteiger partial charge on any atom is 0.416 e. The SMILES string of the molecule is COc1cc(OC)c(/C=C/[S+]([O-])Cc2ccc(OC)c(OC(=O)C(F)(F)C(F)(F)C(=O)O)c2)c(OC)c1. The van der Waals surface area contributed by atoms with Gasteiger partial charge >= 0.3 is 23.8 Å². The third kappa shape index (κ3) is 6.57. The van der Waals surface area contributed by atoms with E-state index >= 15 is 0 Å². The van der Waals surface area contributed by atoms with E-state index in [9.17, 15) is 31.7 Å². The molecule has 0 aliphatic carbocycles. The number of carboxylic acids is 1. The number of halogens is 4.